The van der Waals surface area contributed by atoms with Gasteiger partial charge in [-0.15, -0.1) is 0 Å². The number of aryl methyl sites for hydroxylation is 4. The normalized spacial score (nSPS) is 11.6. The molecular weight excluding hydrogens is 775 g/mol. The molecule has 0 spiro atoms. The summed E-state index contributed by atoms with van der Waals surface area (Å²) < 4.78 is 4.07. The van der Waals surface area contributed by atoms with Crippen molar-refractivity contribution in [3.63, 3.8) is 0 Å². The number of fused-ring (bicyclic) bond motifs is 2. The number of amides is 2. The molecule has 57 heavy (non-hydrogen) atoms. The van der Waals surface area contributed by atoms with Crippen LogP contribution in [-0.2, 0) is 48.8 Å². The van der Waals surface area contributed by atoms with E-state index in [-0.39, 0.29) is 28.6 Å². The van der Waals surface area contributed by atoms with Crippen molar-refractivity contribution in [1.29, 1.82) is 0 Å². The third kappa shape index (κ3) is 11.6. The van der Waals surface area contributed by atoms with Gasteiger partial charge in [0.15, 0.2) is 12.2 Å². The molecule has 0 saturated carbocycles. The SMILES string of the molecule is Cc1ccc(-c2nc3ccc(C)cn3c2CC(=O)N(C)C)cc1.Cc1ccc(-c2nc3ccc(C)cn3c2CC(=O)N(C)C)cc1.O=C(O)[C@H](O)[C@@H](O)C(=O)O.[Co]. The first-order valence-electron chi connectivity index (χ1n) is 17.7. The zero-order valence-corrected chi connectivity index (χ0v) is 34.1. The van der Waals surface area contributed by atoms with Crippen molar-refractivity contribution >= 4 is 35.0 Å². The summed E-state index contributed by atoms with van der Waals surface area (Å²) in [6.45, 7) is 8.21. The van der Waals surface area contributed by atoms with Crippen molar-refractivity contribution < 1.29 is 56.4 Å². The number of carboxylic acid groups (broad SMARTS) is 2. The molecule has 4 aromatic heterocycles. The van der Waals surface area contributed by atoms with Gasteiger partial charge in [0.2, 0.25) is 11.8 Å². The van der Waals surface area contributed by atoms with Crippen LogP contribution in [0.25, 0.3) is 33.8 Å². The van der Waals surface area contributed by atoms with Crippen molar-refractivity contribution in [2.24, 2.45) is 0 Å². The molecule has 0 aliphatic heterocycles. The number of carbonyl (C=O) groups is 4. The molecule has 6 rings (SSSR count). The quantitative estimate of drug-likeness (QED) is 0.163. The van der Waals surface area contributed by atoms with Gasteiger partial charge in [-0.3, -0.25) is 9.59 Å². The van der Waals surface area contributed by atoms with Gasteiger partial charge in [0.25, 0.3) is 0 Å². The zero-order chi connectivity index (χ0) is 41.4. The van der Waals surface area contributed by atoms with Crippen LogP contribution >= 0.6 is 0 Å². The maximum Gasteiger partial charge on any atom is 0.335 e. The molecule has 0 aliphatic rings. The Morgan fingerprint density at radius 2 is 0.842 bits per heavy atom. The van der Waals surface area contributed by atoms with Gasteiger partial charge in [-0.25, -0.2) is 19.6 Å². The standard InChI is InChI=1S/2C19H21N3O.C4H6O6.Co/c2*1-13-5-8-15(9-6-13)19-16(11-18(23)21(3)4)22-12-14(2)7-10-17(22)20-19;5-1(3(7)8)2(6)4(9)10;/h2*5-10,12H,11H2,1-4H3;1-2,5-6H,(H,7,8)(H,9,10);/t;;1-,2-;/m..1./s1. The Labute approximate surface area is 341 Å². The van der Waals surface area contributed by atoms with Crippen molar-refractivity contribution in [1.82, 2.24) is 28.6 Å². The molecule has 1 radical (unpaired) electrons. The number of aliphatic hydroxyl groups is 2. The van der Waals surface area contributed by atoms with E-state index >= 15 is 0 Å². The molecule has 303 valence electrons. The molecule has 14 nitrogen and oxygen atoms in total. The fourth-order valence-corrected chi connectivity index (χ4v) is 5.49. The van der Waals surface area contributed by atoms with Crippen molar-refractivity contribution in [3.05, 3.63) is 119 Å². The molecule has 0 fully saturated rings. The molecular formula is C42H48CoN6O8. The predicted molar refractivity (Wildman–Crippen MR) is 212 cm³/mol. The average Bonchev–Trinajstić information content (AvgIpc) is 3.69. The molecule has 4 heterocycles. The van der Waals surface area contributed by atoms with Crippen LogP contribution in [0.3, 0.4) is 0 Å². The summed E-state index contributed by atoms with van der Waals surface area (Å²) in [6.07, 6.45) is 0.216. The molecule has 4 N–H and O–H groups in total. The molecule has 0 unspecified atom stereocenters. The van der Waals surface area contributed by atoms with Crippen LogP contribution in [0.5, 0.6) is 0 Å². The van der Waals surface area contributed by atoms with Crippen LogP contribution in [-0.4, -0.2) is 113 Å². The Bertz CT molecular complexity index is 2190. The monoisotopic (exact) mass is 823 g/mol. The van der Waals surface area contributed by atoms with Crippen LogP contribution in [0.1, 0.15) is 33.6 Å². The Morgan fingerprint density at radius 1 is 0.544 bits per heavy atom. The van der Waals surface area contributed by atoms with Crippen LogP contribution in [0.2, 0.25) is 0 Å². The van der Waals surface area contributed by atoms with Crippen molar-refractivity contribution in [2.45, 2.75) is 52.7 Å². The smallest absolute Gasteiger partial charge is 0.335 e. The summed E-state index contributed by atoms with van der Waals surface area (Å²) >= 11 is 0. The number of hydrogen-bond acceptors (Lipinski definition) is 8. The number of benzene rings is 2. The molecule has 15 heteroatoms. The summed E-state index contributed by atoms with van der Waals surface area (Å²) in [6, 6.07) is 24.6. The van der Waals surface area contributed by atoms with E-state index in [9.17, 15) is 19.2 Å². The summed E-state index contributed by atoms with van der Waals surface area (Å²) in [4.78, 5) is 56.8. The van der Waals surface area contributed by atoms with E-state index in [2.05, 4.69) is 62.4 Å². The Kier molecular flexibility index (Phi) is 15.8. The maximum atomic E-state index is 12.3. The van der Waals surface area contributed by atoms with Crippen LogP contribution < -0.4 is 0 Å². The predicted octanol–water partition coefficient (Wildman–Crippen LogP) is 4.37. The van der Waals surface area contributed by atoms with E-state index < -0.39 is 24.1 Å². The van der Waals surface area contributed by atoms with E-state index in [1.165, 1.54) is 11.1 Å². The maximum absolute atomic E-state index is 12.3. The second-order valence-corrected chi connectivity index (χ2v) is 13.9. The summed E-state index contributed by atoms with van der Waals surface area (Å²) in [5, 5.41) is 32.5. The first kappa shape index (κ1) is 45.5. The third-order valence-electron chi connectivity index (χ3n) is 8.82. The minimum Gasteiger partial charge on any atom is -0.479 e. The van der Waals surface area contributed by atoms with E-state index in [4.69, 9.17) is 30.4 Å². The zero-order valence-electron chi connectivity index (χ0n) is 33.1. The van der Waals surface area contributed by atoms with Gasteiger partial charge in [-0.2, -0.15) is 0 Å². The number of aliphatic carboxylic acids is 2. The number of imidazole rings is 2. The van der Waals surface area contributed by atoms with Crippen LogP contribution in [0.4, 0.5) is 0 Å². The summed E-state index contributed by atoms with van der Waals surface area (Å²) in [7, 11) is 7.12. The van der Waals surface area contributed by atoms with Gasteiger partial charge in [-0.1, -0.05) is 71.8 Å². The number of carbonyl (C=O) groups excluding carboxylic acids is 2. The number of rotatable bonds is 9. The van der Waals surface area contributed by atoms with Gasteiger partial charge >= 0.3 is 11.9 Å². The molecule has 2 amide bonds. The third-order valence-corrected chi connectivity index (χ3v) is 8.82. The van der Waals surface area contributed by atoms with Gasteiger partial charge in [0.1, 0.15) is 11.3 Å². The average molecular weight is 824 g/mol. The fraction of sp³-hybridized carbons (Fsp3) is 0.286. The van der Waals surface area contributed by atoms with Crippen molar-refractivity contribution in [2.75, 3.05) is 28.2 Å². The van der Waals surface area contributed by atoms with Gasteiger partial charge in [0.05, 0.1) is 35.6 Å². The molecule has 2 atom stereocenters. The van der Waals surface area contributed by atoms with Gasteiger partial charge < -0.3 is 39.0 Å². The Hall–Kier alpha value is -5.87. The molecule has 0 aliphatic carbocycles. The Balaban J connectivity index is 0.000000245. The molecule has 6 aromatic rings. The number of aliphatic hydroxyl groups excluding tert-OH is 2. The second-order valence-electron chi connectivity index (χ2n) is 13.9. The van der Waals surface area contributed by atoms with E-state index in [1.54, 1.807) is 38.0 Å². The fourth-order valence-electron chi connectivity index (χ4n) is 5.49. The first-order chi connectivity index (χ1) is 26.4. The molecule has 0 saturated heterocycles. The molecule has 0 bridgehead atoms. The number of pyridine rings is 2. The van der Waals surface area contributed by atoms with Crippen LogP contribution in [0, 0.1) is 27.7 Å². The summed E-state index contributed by atoms with van der Waals surface area (Å²) in [5.41, 5.74) is 12.2. The molecule has 2 aromatic carbocycles. The minimum absolute atomic E-state index is 0. The van der Waals surface area contributed by atoms with E-state index in [0.717, 1.165) is 56.3 Å². The summed E-state index contributed by atoms with van der Waals surface area (Å²) in [5.74, 6) is -3.40. The van der Waals surface area contributed by atoms with E-state index in [1.807, 2.05) is 59.3 Å². The second kappa shape index (κ2) is 19.8. The topological polar surface area (TPSA) is 190 Å². The number of hydrogen-bond donors (Lipinski definition) is 4. The number of aromatic nitrogens is 4. The number of likely N-dealkylation sites (N-methyl/N-ethyl adjacent to an activating group) is 2. The first-order valence-corrected chi connectivity index (χ1v) is 17.7. The van der Waals surface area contributed by atoms with Crippen molar-refractivity contribution in [3.8, 4) is 22.5 Å². The van der Waals surface area contributed by atoms with Crippen LogP contribution in [0.15, 0.2) is 85.2 Å². The number of nitrogens with zero attached hydrogens (tertiary/aromatic N) is 6. The van der Waals surface area contributed by atoms with Gasteiger partial charge in [-0.05, 0) is 51.0 Å². The minimum atomic E-state index is -2.27. The van der Waals surface area contributed by atoms with E-state index in [0.29, 0.717) is 12.8 Å². The Morgan fingerprint density at radius 3 is 1.12 bits per heavy atom. The largest absolute Gasteiger partial charge is 0.479 e. The van der Waals surface area contributed by atoms with Gasteiger partial charge in [0, 0.05) is 68.5 Å². The number of carboxylic acids is 2.